The fourth-order valence-corrected chi connectivity index (χ4v) is 4.84. The van der Waals surface area contributed by atoms with E-state index in [1.165, 1.54) is 56.9 Å². The molecule has 0 spiro atoms. The van der Waals surface area contributed by atoms with Crippen molar-refractivity contribution in [1.82, 2.24) is 10.3 Å². The van der Waals surface area contributed by atoms with Crippen molar-refractivity contribution >= 4 is 21.4 Å². The van der Waals surface area contributed by atoms with Crippen molar-refractivity contribution in [2.24, 2.45) is 5.92 Å². The number of hydrogen-bond acceptors (Lipinski definition) is 5. The van der Waals surface area contributed by atoms with Crippen molar-refractivity contribution in [2.45, 2.75) is 63.1 Å². The van der Waals surface area contributed by atoms with Crippen LogP contribution in [0.2, 0.25) is 0 Å². The summed E-state index contributed by atoms with van der Waals surface area (Å²) in [7, 11) is -3.76. The molecule has 0 saturated heterocycles. The topological polar surface area (TPSA) is 97.1 Å². The highest BCUT2D eigenvalue weighted by molar-refractivity contribution is 7.92. The average molecular weight is 403 g/mol. The van der Waals surface area contributed by atoms with Crippen molar-refractivity contribution in [3.63, 3.8) is 0 Å². The summed E-state index contributed by atoms with van der Waals surface area (Å²) in [5, 5.41) is 3.51. The average Bonchev–Trinajstić information content (AvgIpc) is 2.68. The van der Waals surface area contributed by atoms with Gasteiger partial charge in [-0.3, -0.25) is 4.72 Å². The molecule has 1 aliphatic carbocycles. The Balaban J connectivity index is 1.63. The summed E-state index contributed by atoms with van der Waals surface area (Å²) in [5.74, 6) is 0.807. The summed E-state index contributed by atoms with van der Waals surface area (Å²) in [6.45, 7) is 2.82. The molecule has 0 amide bonds. The summed E-state index contributed by atoms with van der Waals surface area (Å²) < 4.78 is 27.9. The highest BCUT2D eigenvalue weighted by Crippen LogP contribution is 2.27. The van der Waals surface area contributed by atoms with Crippen LogP contribution in [0.15, 0.2) is 47.6 Å². The molecule has 1 unspecified atom stereocenters. The Morgan fingerprint density at radius 1 is 1.14 bits per heavy atom. The van der Waals surface area contributed by atoms with Gasteiger partial charge < -0.3 is 11.1 Å². The summed E-state index contributed by atoms with van der Waals surface area (Å²) in [4.78, 5) is 3.92. The van der Waals surface area contributed by atoms with Gasteiger partial charge in [0.15, 0.2) is 5.03 Å². The maximum Gasteiger partial charge on any atom is 0.279 e. The Morgan fingerprint density at radius 2 is 1.89 bits per heavy atom. The molecule has 1 heterocycles. The van der Waals surface area contributed by atoms with Crippen molar-refractivity contribution in [2.75, 3.05) is 10.5 Å². The van der Waals surface area contributed by atoms with Gasteiger partial charge in [0.05, 0.1) is 17.6 Å². The van der Waals surface area contributed by atoms with Crippen LogP contribution in [0.5, 0.6) is 0 Å². The van der Waals surface area contributed by atoms with Gasteiger partial charge in [0, 0.05) is 12.6 Å². The number of nitrogens with two attached hydrogens (primary N) is 1. The lowest BCUT2D eigenvalue weighted by atomic mass is 9.85. The lowest BCUT2D eigenvalue weighted by Gasteiger charge is -2.25. The van der Waals surface area contributed by atoms with E-state index in [0.717, 1.165) is 11.5 Å². The molecule has 28 heavy (non-hydrogen) atoms. The second-order valence-electron chi connectivity index (χ2n) is 7.71. The Morgan fingerprint density at radius 3 is 2.61 bits per heavy atom. The molecular formula is C21H30N4O2S. The van der Waals surface area contributed by atoms with Gasteiger partial charge in [-0.25, -0.2) is 4.98 Å². The number of nitrogens with zero attached hydrogens (tertiary/aromatic N) is 1. The van der Waals surface area contributed by atoms with E-state index in [2.05, 4.69) is 21.9 Å². The minimum Gasteiger partial charge on any atom is -0.397 e. The molecule has 1 fully saturated rings. The Bertz CT molecular complexity index is 862. The van der Waals surface area contributed by atoms with Crippen LogP contribution in [-0.2, 0) is 16.6 Å². The molecule has 7 heteroatoms. The number of aromatic nitrogens is 1. The fourth-order valence-electron chi connectivity index (χ4n) is 3.81. The van der Waals surface area contributed by atoms with Crippen LogP contribution >= 0.6 is 0 Å². The number of nitrogens with one attached hydrogen (secondary N) is 2. The van der Waals surface area contributed by atoms with Gasteiger partial charge in [-0.05, 0) is 43.0 Å². The molecule has 0 aliphatic heterocycles. The minimum atomic E-state index is -3.76. The summed E-state index contributed by atoms with van der Waals surface area (Å²) >= 11 is 0. The van der Waals surface area contributed by atoms with Gasteiger partial charge in [0.1, 0.15) is 0 Å². The zero-order chi connectivity index (χ0) is 20.0. The number of nitrogen functional groups attached to an aromatic ring is 1. The summed E-state index contributed by atoms with van der Waals surface area (Å²) in [5.41, 5.74) is 7.50. The Kier molecular flexibility index (Phi) is 6.91. The molecule has 6 nitrogen and oxygen atoms in total. The van der Waals surface area contributed by atoms with Gasteiger partial charge in [0.25, 0.3) is 10.0 Å². The maximum atomic E-state index is 12.6. The Labute approximate surface area is 168 Å². The number of pyridine rings is 1. The molecule has 1 saturated carbocycles. The van der Waals surface area contributed by atoms with Crippen molar-refractivity contribution in [3.05, 3.63) is 48.2 Å². The van der Waals surface area contributed by atoms with Crippen LogP contribution < -0.4 is 15.8 Å². The van der Waals surface area contributed by atoms with Crippen LogP contribution in [0.1, 0.15) is 51.0 Å². The zero-order valence-corrected chi connectivity index (χ0v) is 17.2. The molecule has 1 aliphatic rings. The van der Waals surface area contributed by atoms with E-state index in [0.29, 0.717) is 24.0 Å². The summed E-state index contributed by atoms with van der Waals surface area (Å²) in [6, 6.07) is 10.8. The second kappa shape index (κ2) is 9.39. The SMILES string of the molecule is CC(CC1CCCCC1)NCc1ccccc1NS(=O)(=O)c1ccc(N)cn1. The third kappa shape index (κ3) is 5.69. The van der Waals surface area contributed by atoms with Gasteiger partial charge in [-0.15, -0.1) is 0 Å². The highest BCUT2D eigenvalue weighted by Gasteiger charge is 2.19. The Hall–Kier alpha value is -2.12. The van der Waals surface area contributed by atoms with E-state index in [1.54, 1.807) is 6.07 Å². The van der Waals surface area contributed by atoms with E-state index in [1.807, 2.05) is 18.2 Å². The predicted molar refractivity (Wildman–Crippen MR) is 113 cm³/mol. The van der Waals surface area contributed by atoms with Crippen molar-refractivity contribution in [1.29, 1.82) is 0 Å². The third-order valence-corrected chi connectivity index (χ3v) is 6.63. The van der Waals surface area contributed by atoms with Gasteiger partial charge in [-0.2, -0.15) is 8.42 Å². The molecule has 1 atom stereocenters. The first-order valence-corrected chi connectivity index (χ1v) is 11.5. The highest BCUT2D eigenvalue weighted by atomic mass is 32.2. The standard InChI is InChI=1S/C21H30N4O2S/c1-16(13-17-7-3-2-4-8-17)23-14-18-9-5-6-10-20(18)25-28(26,27)21-12-11-19(22)15-24-21/h5-6,9-12,15-17,23,25H,2-4,7-8,13-14,22H2,1H3. The van der Waals surface area contributed by atoms with Crippen LogP contribution in [0.3, 0.4) is 0 Å². The van der Waals surface area contributed by atoms with Crippen LogP contribution in [0, 0.1) is 5.92 Å². The lowest BCUT2D eigenvalue weighted by molar-refractivity contribution is 0.305. The molecular weight excluding hydrogens is 372 g/mol. The predicted octanol–water partition coefficient (Wildman–Crippen LogP) is 3.91. The number of para-hydroxylation sites is 1. The molecule has 3 rings (SSSR count). The smallest absolute Gasteiger partial charge is 0.279 e. The van der Waals surface area contributed by atoms with E-state index in [9.17, 15) is 8.42 Å². The zero-order valence-electron chi connectivity index (χ0n) is 16.4. The van der Waals surface area contributed by atoms with Crippen LogP contribution in [0.4, 0.5) is 11.4 Å². The van der Waals surface area contributed by atoms with E-state index < -0.39 is 10.0 Å². The monoisotopic (exact) mass is 402 g/mol. The van der Waals surface area contributed by atoms with Gasteiger partial charge in [-0.1, -0.05) is 50.3 Å². The first-order chi connectivity index (χ1) is 13.4. The number of rotatable bonds is 8. The molecule has 2 aromatic rings. The van der Waals surface area contributed by atoms with Crippen molar-refractivity contribution < 1.29 is 8.42 Å². The quantitative estimate of drug-likeness (QED) is 0.622. The molecule has 0 bridgehead atoms. The normalized spacial score (nSPS) is 16.6. The van der Waals surface area contributed by atoms with E-state index in [4.69, 9.17) is 5.73 Å². The van der Waals surface area contributed by atoms with Gasteiger partial charge >= 0.3 is 0 Å². The fraction of sp³-hybridized carbons (Fsp3) is 0.476. The lowest BCUT2D eigenvalue weighted by Crippen LogP contribution is -2.29. The number of benzene rings is 1. The molecule has 0 radical (unpaired) electrons. The van der Waals surface area contributed by atoms with Crippen molar-refractivity contribution in [3.8, 4) is 0 Å². The third-order valence-electron chi connectivity index (χ3n) is 5.35. The maximum absolute atomic E-state index is 12.6. The molecule has 4 N–H and O–H groups in total. The second-order valence-corrected chi connectivity index (χ2v) is 9.34. The molecule has 1 aromatic heterocycles. The largest absolute Gasteiger partial charge is 0.397 e. The minimum absolute atomic E-state index is 0.0462. The van der Waals surface area contributed by atoms with E-state index in [-0.39, 0.29) is 5.03 Å². The first kappa shape index (κ1) is 20.6. The summed E-state index contributed by atoms with van der Waals surface area (Å²) in [6.07, 6.45) is 9.24. The molecule has 1 aromatic carbocycles. The molecule has 152 valence electrons. The van der Waals surface area contributed by atoms with Crippen LogP contribution in [-0.4, -0.2) is 19.4 Å². The first-order valence-electron chi connectivity index (χ1n) is 9.99. The number of sulfonamides is 1. The van der Waals surface area contributed by atoms with Crippen LogP contribution in [0.25, 0.3) is 0 Å². The van der Waals surface area contributed by atoms with E-state index >= 15 is 0 Å². The number of hydrogen-bond donors (Lipinski definition) is 3. The van der Waals surface area contributed by atoms with Gasteiger partial charge in [0.2, 0.25) is 0 Å². The number of anilines is 2.